The van der Waals surface area contributed by atoms with Crippen molar-refractivity contribution in [2.75, 3.05) is 6.61 Å². The molecule has 0 aromatic carbocycles. The number of carbonyl (C=O) groups is 1. The largest absolute Gasteiger partial charge is 0.397 e. The standard InChI is InChI=1S/C20H40O5S/c1-20(21)18-16-14-12-10-8-6-4-2-3-5-7-9-11-13-15-17-19-25-26(22,23)24/h2-19H2,1H3,(H,22,23,24). The van der Waals surface area contributed by atoms with Crippen LogP contribution in [0.5, 0.6) is 0 Å². The molecule has 0 bridgehead atoms. The van der Waals surface area contributed by atoms with Crippen molar-refractivity contribution in [3.8, 4) is 0 Å². The van der Waals surface area contributed by atoms with E-state index in [0.29, 0.717) is 12.2 Å². The van der Waals surface area contributed by atoms with Crippen molar-refractivity contribution in [2.24, 2.45) is 0 Å². The summed E-state index contributed by atoms with van der Waals surface area (Å²) in [4.78, 5) is 10.8. The summed E-state index contributed by atoms with van der Waals surface area (Å²) in [6, 6.07) is 0. The maximum Gasteiger partial charge on any atom is 0.397 e. The van der Waals surface area contributed by atoms with Gasteiger partial charge in [0.1, 0.15) is 5.78 Å². The predicted molar refractivity (Wildman–Crippen MR) is 107 cm³/mol. The van der Waals surface area contributed by atoms with Crippen molar-refractivity contribution < 1.29 is 21.9 Å². The molecule has 6 heteroatoms. The highest BCUT2D eigenvalue weighted by molar-refractivity contribution is 7.80. The van der Waals surface area contributed by atoms with E-state index < -0.39 is 10.4 Å². The molecule has 0 heterocycles. The van der Waals surface area contributed by atoms with E-state index in [9.17, 15) is 13.2 Å². The van der Waals surface area contributed by atoms with Gasteiger partial charge in [0.05, 0.1) is 6.61 Å². The van der Waals surface area contributed by atoms with Gasteiger partial charge in [-0.15, -0.1) is 0 Å². The van der Waals surface area contributed by atoms with E-state index in [1.807, 2.05) is 0 Å². The van der Waals surface area contributed by atoms with E-state index >= 15 is 0 Å². The van der Waals surface area contributed by atoms with Crippen LogP contribution < -0.4 is 0 Å². The first kappa shape index (κ1) is 25.5. The van der Waals surface area contributed by atoms with Gasteiger partial charge in [0.15, 0.2) is 0 Å². The molecule has 0 radical (unpaired) electrons. The first-order valence-corrected chi connectivity index (χ1v) is 11.9. The molecular formula is C20H40O5S. The average molecular weight is 393 g/mol. The molecule has 0 aliphatic rings. The Morgan fingerprint density at radius 2 is 0.962 bits per heavy atom. The van der Waals surface area contributed by atoms with Crippen LogP contribution in [0, 0.1) is 0 Å². The number of rotatable bonds is 20. The normalized spacial score (nSPS) is 11.8. The molecule has 0 aromatic rings. The summed E-state index contributed by atoms with van der Waals surface area (Å²) in [6.07, 6.45) is 20.1. The maximum absolute atomic E-state index is 10.8. The van der Waals surface area contributed by atoms with E-state index in [0.717, 1.165) is 25.7 Å². The number of hydrogen-bond donors (Lipinski definition) is 1. The lowest BCUT2D eigenvalue weighted by atomic mass is 10.0. The van der Waals surface area contributed by atoms with E-state index in [2.05, 4.69) is 4.18 Å². The molecule has 0 unspecified atom stereocenters. The molecule has 0 fully saturated rings. The second-order valence-corrected chi connectivity index (χ2v) is 8.45. The molecule has 0 saturated heterocycles. The molecule has 0 aliphatic heterocycles. The van der Waals surface area contributed by atoms with E-state index in [4.69, 9.17) is 4.55 Å². The Labute approximate surface area is 161 Å². The van der Waals surface area contributed by atoms with Crippen LogP contribution in [-0.4, -0.2) is 25.4 Å². The first-order valence-electron chi connectivity index (χ1n) is 10.5. The molecule has 0 amide bonds. The lowest BCUT2D eigenvalue weighted by Gasteiger charge is -2.04. The number of unbranched alkanes of at least 4 members (excludes halogenated alkanes) is 15. The highest BCUT2D eigenvalue weighted by Gasteiger charge is 2.02. The van der Waals surface area contributed by atoms with E-state index in [1.165, 1.54) is 77.0 Å². The fraction of sp³-hybridized carbons (Fsp3) is 0.950. The number of carbonyl (C=O) groups excluding carboxylic acids is 1. The van der Waals surface area contributed by atoms with Crippen molar-refractivity contribution >= 4 is 16.2 Å². The van der Waals surface area contributed by atoms with Gasteiger partial charge in [-0.05, 0) is 19.8 Å². The Hall–Kier alpha value is -0.460. The highest BCUT2D eigenvalue weighted by Crippen LogP contribution is 2.14. The Balaban J connectivity index is 3.06. The third kappa shape index (κ3) is 23.5. The zero-order valence-electron chi connectivity index (χ0n) is 16.7. The van der Waals surface area contributed by atoms with Crippen LogP contribution in [0.4, 0.5) is 0 Å². The number of ketones is 1. The van der Waals surface area contributed by atoms with Gasteiger partial charge in [-0.25, -0.2) is 4.18 Å². The van der Waals surface area contributed by atoms with Crippen LogP contribution in [0.25, 0.3) is 0 Å². The smallest absolute Gasteiger partial charge is 0.300 e. The highest BCUT2D eigenvalue weighted by atomic mass is 32.3. The van der Waals surface area contributed by atoms with Crippen molar-refractivity contribution in [1.82, 2.24) is 0 Å². The topological polar surface area (TPSA) is 80.7 Å². The molecule has 0 spiro atoms. The Kier molecular flexibility index (Phi) is 17.6. The van der Waals surface area contributed by atoms with Gasteiger partial charge in [-0.1, -0.05) is 89.9 Å². The second kappa shape index (κ2) is 17.9. The number of Topliss-reactive ketones (excluding diaryl/α,β-unsaturated/α-hetero) is 1. The van der Waals surface area contributed by atoms with Gasteiger partial charge in [-0.2, -0.15) is 8.42 Å². The van der Waals surface area contributed by atoms with Crippen molar-refractivity contribution in [2.45, 2.75) is 116 Å². The lowest BCUT2D eigenvalue weighted by Crippen LogP contribution is -2.04. The van der Waals surface area contributed by atoms with Crippen LogP contribution in [0.1, 0.15) is 116 Å². The van der Waals surface area contributed by atoms with Crippen LogP contribution >= 0.6 is 0 Å². The lowest BCUT2D eigenvalue weighted by molar-refractivity contribution is -0.117. The summed E-state index contributed by atoms with van der Waals surface area (Å²) in [6.45, 7) is 1.75. The van der Waals surface area contributed by atoms with Crippen LogP contribution in [0.2, 0.25) is 0 Å². The molecule has 26 heavy (non-hydrogen) atoms. The minimum Gasteiger partial charge on any atom is -0.300 e. The quantitative estimate of drug-likeness (QED) is 0.202. The van der Waals surface area contributed by atoms with Crippen LogP contribution in [-0.2, 0) is 19.4 Å². The van der Waals surface area contributed by atoms with Gasteiger partial charge in [0.2, 0.25) is 0 Å². The zero-order chi connectivity index (χ0) is 19.5. The predicted octanol–water partition coefficient (Wildman–Crippen LogP) is 6.03. The minimum absolute atomic E-state index is 0.0806. The summed E-state index contributed by atoms with van der Waals surface area (Å²) in [5.41, 5.74) is 0. The molecule has 156 valence electrons. The zero-order valence-corrected chi connectivity index (χ0v) is 17.5. The van der Waals surface area contributed by atoms with Crippen molar-refractivity contribution in [1.29, 1.82) is 0 Å². The van der Waals surface area contributed by atoms with Gasteiger partial charge >= 0.3 is 10.4 Å². The van der Waals surface area contributed by atoms with E-state index in [1.54, 1.807) is 6.92 Å². The van der Waals surface area contributed by atoms with Gasteiger partial charge in [0, 0.05) is 6.42 Å². The molecule has 1 N–H and O–H groups in total. The van der Waals surface area contributed by atoms with Crippen molar-refractivity contribution in [3.63, 3.8) is 0 Å². The summed E-state index contributed by atoms with van der Waals surface area (Å²) >= 11 is 0. The van der Waals surface area contributed by atoms with Gasteiger partial charge < -0.3 is 4.79 Å². The average Bonchev–Trinajstić information content (AvgIpc) is 2.55. The summed E-state index contributed by atoms with van der Waals surface area (Å²) in [5.74, 6) is 0.315. The number of hydrogen-bond acceptors (Lipinski definition) is 4. The molecule has 5 nitrogen and oxygen atoms in total. The molecule has 0 aromatic heterocycles. The fourth-order valence-corrected chi connectivity index (χ4v) is 3.44. The van der Waals surface area contributed by atoms with Crippen LogP contribution in [0.15, 0.2) is 0 Å². The molecule has 0 atom stereocenters. The van der Waals surface area contributed by atoms with E-state index in [-0.39, 0.29) is 6.61 Å². The Bertz CT molecular complexity index is 420. The SMILES string of the molecule is CC(=O)CCCCCCCCCCCCCCCCCCOS(=O)(=O)O. The molecule has 0 aliphatic carbocycles. The molecule has 0 saturated carbocycles. The molecular weight excluding hydrogens is 352 g/mol. The first-order chi connectivity index (χ1) is 12.4. The Morgan fingerprint density at radius 1 is 0.654 bits per heavy atom. The fourth-order valence-electron chi connectivity index (χ4n) is 3.12. The second-order valence-electron chi connectivity index (χ2n) is 7.36. The summed E-state index contributed by atoms with van der Waals surface area (Å²) < 4.78 is 33.4. The molecule has 0 rings (SSSR count). The third-order valence-electron chi connectivity index (χ3n) is 4.66. The van der Waals surface area contributed by atoms with Crippen molar-refractivity contribution in [3.05, 3.63) is 0 Å². The Morgan fingerprint density at radius 3 is 1.27 bits per heavy atom. The van der Waals surface area contributed by atoms with Crippen LogP contribution in [0.3, 0.4) is 0 Å². The van der Waals surface area contributed by atoms with Gasteiger partial charge in [-0.3, -0.25) is 4.55 Å². The third-order valence-corrected chi connectivity index (χ3v) is 5.12. The monoisotopic (exact) mass is 392 g/mol. The van der Waals surface area contributed by atoms with Gasteiger partial charge in [0.25, 0.3) is 0 Å². The summed E-state index contributed by atoms with van der Waals surface area (Å²) in [7, 11) is -4.26. The minimum atomic E-state index is -4.26. The maximum atomic E-state index is 10.8. The summed E-state index contributed by atoms with van der Waals surface area (Å²) in [5, 5.41) is 0.